The minimum atomic E-state index is -0.441. The van der Waals surface area contributed by atoms with Gasteiger partial charge >= 0.3 is 5.97 Å². The maximum absolute atomic E-state index is 11.3. The van der Waals surface area contributed by atoms with E-state index in [-0.39, 0.29) is 11.9 Å². The van der Waals surface area contributed by atoms with Gasteiger partial charge in [-0.25, -0.2) is 9.79 Å². The second-order valence-corrected chi connectivity index (χ2v) is 4.02. The van der Waals surface area contributed by atoms with E-state index in [2.05, 4.69) is 30.7 Å². The number of guanidine groups is 2. The average molecular weight is 314 g/mol. The smallest absolute Gasteiger partial charge is 0.337 e. The molecule has 0 unspecified atom stereocenters. The molecule has 0 atom stereocenters. The van der Waals surface area contributed by atoms with Crippen molar-refractivity contribution >= 4 is 39.5 Å². The molecule has 0 aliphatic rings. The summed E-state index contributed by atoms with van der Waals surface area (Å²) in [4.78, 5) is 18.8. The van der Waals surface area contributed by atoms with Crippen LogP contribution in [0.25, 0.3) is 0 Å². The van der Waals surface area contributed by atoms with Crippen LogP contribution in [0.15, 0.2) is 32.7 Å². The highest BCUT2D eigenvalue weighted by Gasteiger charge is 2.08. The first-order chi connectivity index (χ1) is 8.43. The van der Waals surface area contributed by atoms with Crippen LogP contribution in [-0.4, -0.2) is 25.0 Å². The van der Waals surface area contributed by atoms with Crippen LogP contribution in [0, 0.1) is 0 Å². The number of halogens is 1. The minimum Gasteiger partial charge on any atom is -0.465 e. The Morgan fingerprint density at radius 2 is 2.00 bits per heavy atom. The van der Waals surface area contributed by atoms with Gasteiger partial charge in [-0.3, -0.25) is 0 Å². The molecular weight excluding hydrogens is 302 g/mol. The van der Waals surface area contributed by atoms with E-state index in [1.807, 2.05) is 0 Å². The Morgan fingerprint density at radius 3 is 2.50 bits per heavy atom. The van der Waals surface area contributed by atoms with Gasteiger partial charge in [0.25, 0.3) is 0 Å². The summed E-state index contributed by atoms with van der Waals surface area (Å²) in [5.41, 5.74) is 16.7. The van der Waals surface area contributed by atoms with Gasteiger partial charge in [0.1, 0.15) is 0 Å². The summed E-state index contributed by atoms with van der Waals surface area (Å²) >= 11 is 3.26. The molecule has 8 heteroatoms. The minimum absolute atomic E-state index is 0.0819. The lowest BCUT2D eigenvalue weighted by atomic mass is 10.2. The molecule has 7 nitrogen and oxygen atoms in total. The maximum Gasteiger partial charge on any atom is 0.337 e. The molecule has 0 aromatic heterocycles. The topological polar surface area (TPSA) is 129 Å². The lowest BCUT2D eigenvalue weighted by Crippen LogP contribution is -2.26. The molecule has 0 saturated carbocycles. The molecule has 1 rings (SSSR count). The van der Waals surface area contributed by atoms with Crippen molar-refractivity contribution in [1.29, 1.82) is 0 Å². The summed E-state index contributed by atoms with van der Waals surface area (Å²) in [5.74, 6) is -0.705. The number of methoxy groups -OCH3 is 1. The highest BCUT2D eigenvalue weighted by atomic mass is 79.9. The van der Waals surface area contributed by atoms with Gasteiger partial charge in [0.2, 0.25) is 5.96 Å². The molecule has 6 N–H and O–H groups in total. The summed E-state index contributed by atoms with van der Waals surface area (Å²) in [7, 11) is 1.30. The number of hydrogen-bond acceptors (Lipinski definition) is 3. The molecule has 1 aromatic rings. The first-order valence-electron chi connectivity index (χ1n) is 4.75. The second kappa shape index (κ2) is 6.01. The largest absolute Gasteiger partial charge is 0.465 e. The Morgan fingerprint density at radius 1 is 1.33 bits per heavy atom. The molecule has 0 spiro atoms. The summed E-state index contributed by atoms with van der Waals surface area (Å²) < 4.78 is 5.16. The van der Waals surface area contributed by atoms with Crippen molar-refractivity contribution in [2.45, 2.75) is 0 Å². The van der Waals surface area contributed by atoms with Crippen LogP contribution in [-0.2, 0) is 4.74 Å². The number of carbonyl (C=O) groups excluding carboxylic acids is 1. The molecule has 18 heavy (non-hydrogen) atoms. The monoisotopic (exact) mass is 313 g/mol. The van der Waals surface area contributed by atoms with Crippen molar-refractivity contribution in [3.05, 3.63) is 28.2 Å². The number of nitrogens with zero attached hydrogens (tertiary/aromatic N) is 2. The zero-order valence-electron chi connectivity index (χ0n) is 9.55. The summed E-state index contributed by atoms with van der Waals surface area (Å²) in [6.45, 7) is 0. The van der Waals surface area contributed by atoms with Crippen LogP contribution >= 0.6 is 15.9 Å². The molecule has 96 valence electrons. The summed E-state index contributed by atoms with van der Waals surface area (Å²) in [6, 6.07) is 4.71. The maximum atomic E-state index is 11.3. The zero-order valence-corrected chi connectivity index (χ0v) is 11.1. The van der Waals surface area contributed by atoms with Crippen molar-refractivity contribution in [3.8, 4) is 0 Å². The third kappa shape index (κ3) is 3.74. The number of carbonyl (C=O) groups is 1. The molecule has 0 aliphatic carbocycles. The van der Waals surface area contributed by atoms with Crippen molar-refractivity contribution in [2.75, 3.05) is 7.11 Å². The highest BCUT2D eigenvalue weighted by Crippen LogP contribution is 2.26. The van der Waals surface area contributed by atoms with Gasteiger partial charge in [-0.1, -0.05) is 0 Å². The predicted octanol–water partition coefficient (Wildman–Crippen LogP) is 0.455. The third-order valence-electron chi connectivity index (χ3n) is 1.85. The van der Waals surface area contributed by atoms with E-state index >= 15 is 0 Å². The van der Waals surface area contributed by atoms with E-state index < -0.39 is 5.97 Å². The number of benzene rings is 1. The highest BCUT2D eigenvalue weighted by molar-refractivity contribution is 9.10. The van der Waals surface area contributed by atoms with Crippen LogP contribution in [0.4, 0.5) is 5.69 Å². The van der Waals surface area contributed by atoms with E-state index in [1.165, 1.54) is 7.11 Å². The molecule has 0 aliphatic heterocycles. The Labute approximate surface area is 112 Å². The first kappa shape index (κ1) is 14.0. The van der Waals surface area contributed by atoms with E-state index in [0.29, 0.717) is 15.7 Å². The number of rotatable bonds is 2. The fourth-order valence-corrected chi connectivity index (χ4v) is 1.59. The van der Waals surface area contributed by atoms with Gasteiger partial charge in [-0.2, -0.15) is 4.99 Å². The number of esters is 1. The van der Waals surface area contributed by atoms with Gasteiger partial charge in [0.05, 0.1) is 18.4 Å². The van der Waals surface area contributed by atoms with Crippen LogP contribution in [0.1, 0.15) is 10.4 Å². The molecular formula is C10H12BrN5O2. The Balaban J connectivity index is 3.07. The molecule has 0 heterocycles. The second-order valence-electron chi connectivity index (χ2n) is 3.16. The summed E-state index contributed by atoms with van der Waals surface area (Å²) in [5, 5.41) is 0. The van der Waals surface area contributed by atoms with E-state index in [4.69, 9.17) is 17.2 Å². The lowest BCUT2D eigenvalue weighted by molar-refractivity contribution is 0.0600. The molecule has 1 aromatic carbocycles. The van der Waals surface area contributed by atoms with Gasteiger partial charge in [-0.05, 0) is 34.1 Å². The molecule has 0 bridgehead atoms. The van der Waals surface area contributed by atoms with Gasteiger partial charge < -0.3 is 21.9 Å². The lowest BCUT2D eigenvalue weighted by Gasteiger charge is -2.03. The normalized spacial score (nSPS) is 10.9. The van der Waals surface area contributed by atoms with Crippen LogP contribution < -0.4 is 17.2 Å². The zero-order chi connectivity index (χ0) is 13.7. The third-order valence-corrected chi connectivity index (χ3v) is 2.48. The fraction of sp³-hybridized carbons (Fsp3) is 0.100. The van der Waals surface area contributed by atoms with E-state index in [1.54, 1.807) is 18.2 Å². The Kier molecular flexibility index (Phi) is 4.67. The van der Waals surface area contributed by atoms with E-state index in [9.17, 15) is 4.79 Å². The standard InChI is InChI=1S/C10H12BrN5O2/c1-18-8(17)5-2-3-7(6(11)4-5)15-10(14)16-9(12)13/h2-4H,1H3,(H6,12,13,14,15,16). The molecule has 0 radical (unpaired) electrons. The van der Waals surface area contributed by atoms with Crippen LogP contribution in [0.5, 0.6) is 0 Å². The van der Waals surface area contributed by atoms with Crippen LogP contribution in [0.2, 0.25) is 0 Å². The Bertz CT molecular complexity index is 523. The van der Waals surface area contributed by atoms with Gasteiger partial charge in [0.15, 0.2) is 5.96 Å². The van der Waals surface area contributed by atoms with Crippen molar-refractivity contribution in [2.24, 2.45) is 27.2 Å². The number of aliphatic imine (C=N–C) groups is 2. The number of nitrogens with two attached hydrogens (primary N) is 3. The SMILES string of the molecule is COC(=O)c1ccc(N=C(N)N=C(N)N)c(Br)c1. The van der Waals surface area contributed by atoms with Gasteiger partial charge in [-0.15, -0.1) is 0 Å². The molecule has 0 amide bonds. The Hall–Kier alpha value is -2.09. The van der Waals surface area contributed by atoms with Gasteiger partial charge in [0, 0.05) is 4.47 Å². The van der Waals surface area contributed by atoms with Crippen LogP contribution in [0.3, 0.4) is 0 Å². The van der Waals surface area contributed by atoms with Crippen molar-refractivity contribution < 1.29 is 9.53 Å². The van der Waals surface area contributed by atoms with Crippen molar-refractivity contribution in [1.82, 2.24) is 0 Å². The van der Waals surface area contributed by atoms with Crippen molar-refractivity contribution in [3.63, 3.8) is 0 Å². The number of hydrogen-bond donors (Lipinski definition) is 3. The molecule has 0 fully saturated rings. The predicted molar refractivity (Wildman–Crippen MR) is 72.6 cm³/mol. The first-order valence-corrected chi connectivity index (χ1v) is 5.55. The fourth-order valence-electron chi connectivity index (χ4n) is 1.12. The molecule has 0 saturated heterocycles. The quantitative estimate of drug-likeness (QED) is 0.415. The van der Waals surface area contributed by atoms with E-state index in [0.717, 1.165) is 0 Å². The average Bonchev–Trinajstić information content (AvgIpc) is 2.29. The summed E-state index contributed by atoms with van der Waals surface area (Å²) in [6.07, 6.45) is 0. The number of ether oxygens (including phenoxy) is 1.